The third-order valence-corrected chi connectivity index (χ3v) is 5.64. The molecule has 0 bridgehead atoms. The van der Waals surface area contributed by atoms with Gasteiger partial charge in [0.1, 0.15) is 12.1 Å². The molecule has 0 fully saturated rings. The number of anilines is 1. The van der Waals surface area contributed by atoms with Crippen molar-refractivity contribution in [2.75, 3.05) is 18.5 Å². The molecule has 3 rings (SSSR count). The highest BCUT2D eigenvalue weighted by molar-refractivity contribution is 7.19. The molecule has 0 saturated carbocycles. The monoisotopic (exact) mass is 343 g/mol. The molecule has 0 amide bonds. The predicted octanol–water partition coefficient (Wildman–Crippen LogP) is 4.86. The van der Waals surface area contributed by atoms with Crippen molar-refractivity contribution in [3.05, 3.63) is 40.6 Å². The zero-order valence-corrected chi connectivity index (χ0v) is 15.4. The van der Waals surface area contributed by atoms with E-state index in [1.807, 2.05) is 23.6 Å². The van der Waals surface area contributed by atoms with Crippen LogP contribution in [0.25, 0.3) is 10.2 Å². The Labute approximate surface area is 147 Å². The first-order chi connectivity index (χ1) is 11.6. The Morgan fingerprint density at radius 2 is 2.25 bits per heavy atom. The average molecular weight is 343 g/mol. The second-order valence-electron chi connectivity index (χ2n) is 6.69. The summed E-state index contributed by atoms with van der Waals surface area (Å²) in [5.74, 6) is 0.761. The van der Waals surface area contributed by atoms with Crippen LogP contribution in [-0.2, 0) is 11.2 Å². The number of aryl methyl sites for hydroxylation is 2. The number of allylic oxidation sites excluding steroid dienone is 2. The molecule has 0 saturated heterocycles. The summed E-state index contributed by atoms with van der Waals surface area (Å²) < 4.78 is 6.55. The number of hydrogen-bond acceptors (Lipinski definition) is 5. The van der Waals surface area contributed by atoms with Crippen molar-refractivity contribution in [2.45, 2.75) is 40.0 Å². The number of rotatable bonds is 7. The van der Waals surface area contributed by atoms with Crippen molar-refractivity contribution < 1.29 is 4.74 Å². The van der Waals surface area contributed by atoms with Crippen LogP contribution in [-0.4, -0.2) is 23.3 Å². The van der Waals surface area contributed by atoms with Gasteiger partial charge in [-0.2, -0.15) is 5.10 Å². The molecule has 0 spiro atoms. The Hall–Kier alpha value is -1.88. The molecule has 0 atom stereocenters. The van der Waals surface area contributed by atoms with E-state index in [1.165, 1.54) is 33.6 Å². The Morgan fingerprint density at radius 3 is 3.00 bits per heavy atom. The lowest BCUT2D eigenvalue weighted by Crippen LogP contribution is -2.10. The molecule has 0 aliphatic carbocycles. The van der Waals surface area contributed by atoms with Crippen molar-refractivity contribution in [3.8, 4) is 0 Å². The van der Waals surface area contributed by atoms with Gasteiger partial charge >= 0.3 is 0 Å². The lowest BCUT2D eigenvalue weighted by Gasteiger charge is -2.12. The summed E-state index contributed by atoms with van der Waals surface area (Å²) in [7, 11) is 0. The average Bonchev–Trinajstić information content (AvgIpc) is 2.91. The Kier molecular flexibility index (Phi) is 5.51. The van der Waals surface area contributed by atoms with Crippen molar-refractivity contribution >= 4 is 27.2 Å². The van der Waals surface area contributed by atoms with Crippen LogP contribution < -0.4 is 5.32 Å². The molecule has 3 heterocycles. The first-order valence-electron chi connectivity index (χ1n) is 8.59. The van der Waals surface area contributed by atoms with Crippen LogP contribution in [0.2, 0.25) is 0 Å². The highest BCUT2D eigenvalue weighted by Crippen LogP contribution is 2.35. The zero-order chi connectivity index (χ0) is 16.9. The molecule has 24 heavy (non-hydrogen) atoms. The normalized spacial score (nSPS) is 14.1. The van der Waals surface area contributed by atoms with E-state index in [-0.39, 0.29) is 0 Å². The Morgan fingerprint density at radius 1 is 1.38 bits per heavy atom. The van der Waals surface area contributed by atoms with Crippen LogP contribution in [0.15, 0.2) is 30.2 Å². The van der Waals surface area contributed by atoms with Gasteiger partial charge in [0, 0.05) is 11.4 Å². The van der Waals surface area contributed by atoms with E-state index in [9.17, 15) is 0 Å². The van der Waals surface area contributed by atoms with Gasteiger partial charge in [0.2, 0.25) is 0 Å². The summed E-state index contributed by atoms with van der Waals surface area (Å²) in [6.07, 6.45) is 11.2. The number of hydrogen-bond donors (Lipinski definition) is 1. The zero-order valence-electron chi connectivity index (χ0n) is 14.6. The fourth-order valence-electron chi connectivity index (χ4n) is 2.84. The van der Waals surface area contributed by atoms with E-state index >= 15 is 0 Å². The van der Waals surface area contributed by atoms with Gasteiger partial charge in [0.15, 0.2) is 0 Å². The molecule has 4 nitrogen and oxygen atoms in total. The van der Waals surface area contributed by atoms with E-state index < -0.39 is 0 Å². The number of nitrogens with one attached hydrogen (secondary N) is 1. The lowest BCUT2D eigenvalue weighted by molar-refractivity contribution is 0.275. The maximum absolute atomic E-state index is 5.33. The van der Waals surface area contributed by atoms with Crippen LogP contribution in [0.4, 0.5) is 5.69 Å². The van der Waals surface area contributed by atoms with Crippen LogP contribution in [0.3, 0.4) is 0 Å². The summed E-state index contributed by atoms with van der Waals surface area (Å²) in [6.45, 7) is 8.15. The van der Waals surface area contributed by atoms with Gasteiger partial charge in [-0.25, -0.2) is 0 Å². The van der Waals surface area contributed by atoms with E-state index in [2.05, 4.69) is 42.4 Å². The van der Waals surface area contributed by atoms with E-state index in [0.29, 0.717) is 6.61 Å². The maximum atomic E-state index is 5.33. The lowest BCUT2D eigenvalue weighted by atomic mass is 10.0. The second kappa shape index (κ2) is 7.79. The van der Waals surface area contributed by atoms with Gasteiger partial charge in [0.05, 0.1) is 22.8 Å². The molecule has 0 unspecified atom stereocenters. The summed E-state index contributed by atoms with van der Waals surface area (Å²) in [4.78, 5) is 1.44. The smallest absolute Gasteiger partial charge is 0.110 e. The fourth-order valence-corrected chi connectivity index (χ4v) is 4.11. The molecule has 0 radical (unpaired) electrons. The van der Waals surface area contributed by atoms with E-state index in [0.717, 1.165) is 30.1 Å². The van der Waals surface area contributed by atoms with Gasteiger partial charge in [-0.05, 0) is 42.9 Å². The number of aromatic nitrogens is 2. The molecule has 0 aromatic carbocycles. The molecular formula is C19H25N3OS. The van der Waals surface area contributed by atoms with Crippen molar-refractivity contribution in [1.82, 2.24) is 10.2 Å². The van der Waals surface area contributed by atoms with Gasteiger partial charge in [-0.3, -0.25) is 0 Å². The molecule has 128 valence electrons. The van der Waals surface area contributed by atoms with Crippen molar-refractivity contribution in [2.24, 2.45) is 5.92 Å². The first kappa shape index (κ1) is 17.0. The third kappa shape index (κ3) is 3.96. The molecule has 5 heteroatoms. The van der Waals surface area contributed by atoms with Crippen LogP contribution in [0, 0.1) is 12.8 Å². The molecule has 2 aromatic heterocycles. The largest absolute Gasteiger partial charge is 0.497 e. The third-order valence-electron chi connectivity index (χ3n) is 4.27. The molecule has 1 aliphatic heterocycles. The standard InChI is InChI=1S/C19H25N3OS/c1-13(2)6-4-8-17-14(3)18-19(24-17)16(11-21-22-18)20-10-15-7-5-9-23-12-15/h5,7,9,11,13H,4,6,8,10,12H2,1-3H3,(H,20,22). The number of nitrogens with zero attached hydrogens (tertiary/aromatic N) is 2. The Balaban J connectivity index is 1.76. The van der Waals surface area contributed by atoms with Crippen molar-refractivity contribution in [3.63, 3.8) is 0 Å². The number of fused-ring (bicyclic) bond motifs is 1. The topological polar surface area (TPSA) is 47.0 Å². The summed E-state index contributed by atoms with van der Waals surface area (Å²) >= 11 is 1.86. The van der Waals surface area contributed by atoms with Gasteiger partial charge < -0.3 is 10.1 Å². The van der Waals surface area contributed by atoms with E-state index in [4.69, 9.17) is 4.74 Å². The summed E-state index contributed by atoms with van der Waals surface area (Å²) in [5, 5.41) is 12.1. The van der Waals surface area contributed by atoms with Crippen molar-refractivity contribution in [1.29, 1.82) is 0 Å². The maximum Gasteiger partial charge on any atom is 0.110 e. The summed E-state index contributed by atoms with van der Waals surface area (Å²) in [6, 6.07) is 0. The summed E-state index contributed by atoms with van der Waals surface area (Å²) in [5.41, 5.74) is 4.63. The van der Waals surface area contributed by atoms with Crippen LogP contribution >= 0.6 is 11.3 Å². The molecular weight excluding hydrogens is 318 g/mol. The minimum absolute atomic E-state index is 0.648. The highest BCUT2D eigenvalue weighted by Gasteiger charge is 2.14. The quantitative estimate of drug-likeness (QED) is 0.780. The Bertz CT molecular complexity index is 761. The first-order valence-corrected chi connectivity index (χ1v) is 9.40. The van der Waals surface area contributed by atoms with Gasteiger partial charge in [-0.1, -0.05) is 26.3 Å². The van der Waals surface area contributed by atoms with Crippen LogP contribution in [0.5, 0.6) is 0 Å². The fraction of sp³-hybridized carbons (Fsp3) is 0.474. The molecule has 1 aliphatic rings. The van der Waals surface area contributed by atoms with E-state index in [1.54, 1.807) is 6.26 Å². The minimum Gasteiger partial charge on any atom is -0.497 e. The molecule has 2 aromatic rings. The molecule has 1 N–H and O–H groups in total. The highest BCUT2D eigenvalue weighted by atomic mass is 32.1. The van der Waals surface area contributed by atoms with Crippen LogP contribution in [0.1, 0.15) is 37.1 Å². The SMILES string of the molecule is Cc1c(CCCC(C)C)sc2c(NCC3=CC=COC3)cnnc12. The van der Waals surface area contributed by atoms with Gasteiger partial charge in [-0.15, -0.1) is 16.4 Å². The second-order valence-corrected chi connectivity index (χ2v) is 7.80. The van der Waals surface area contributed by atoms with Gasteiger partial charge in [0.25, 0.3) is 0 Å². The number of thiophene rings is 1. The number of ether oxygens (including phenoxy) is 1. The minimum atomic E-state index is 0.648. The predicted molar refractivity (Wildman–Crippen MR) is 102 cm³/mol.